The van der Waals surface area contributed by atoms with Gasteiger partial charge in [-0.2, -0.15) is 11.8 Å². The molecule has 0 bridgehead atoms. The highest BCUT2D eigenvalue weighted by atomic mass is 32.2. The van der Waals surface area contributed by atoms with Gasteiger partial charge < -0.3 is 20.3 Å². The van der Waals surface area contributed by atoms with Crippen LogP contribution in [-0.2, 0) is 0 Å². The lowest BCUT2D eigenvalue weighted by atomic mass is 10.1. The van der Waals surface area contributed by atoms with E-state index in [-0.39, 0.29) is 0 Å². The summed E-state index contributed by atoms with van der Waals surface area (Å²) in [5.41, 5.74) is 1.20. The lowest BCUT2D eigenvalue weighted by Gasteiger charge is -2.25. The van der Waals surface area contributed by atoms with E-state index in [1.807, 2.05) is 19.2 Å². The van der Waals surface area contributed by atoms with Crippen LogP contribution in [0.3, 0.4) is 0 Å². The van der Waals surface area contributed by atoms with Crippen LogP contribution in [0.1, 0.15) is 26.2 Å². The minimum Gasteiger partial charge on any atom is -0.495 e. The van der Waals surface area contributed by atoms with Gasteiger partial charge in [-0.3, -0.25) is 4.99 Å². The van der Waals surface area contributed by atoms with E-state index in [9.17, 15) is 0 Å². The Kier molecular flexibility index (Phi) is 6.57. The molecular formula is C20H32N4OS. The largest absolute Gasteiger partial charge is 0.495 e. The highest BCUT2D eigenvalue weighted by molar-refractivity contribution is 8.00. The quantitative estimate of drug-likeness (QED) is 0.590. The van der Waals surface area contributed by atoms with Crippen molar-refractivity contribution in [2.45, 2.75) is 30.9 Å². The maximum Gasteiger partial charge on any atom is 0.191 e. The van der Waals surface area contributed by atoms with Crippen LogP contribution in [-0.4, -0.2) is 56.8 Å². The van der Waals surface area contributed by atoms with Gasteiger partial charge in [-0.25, -0.2) is 0 Å². The minimum atomic E-state index is 0.353. The zero-order chi connectivity index (χ0) is 18.4. The zero-order valence-corrected chi connectivity index (χ0v) is 17.1. The monoisotopic (exact) mass is 376 g/mol. The molecule has 2 N–H and O–H groups in total. The van der Waals surface area contributed by atoms with Gasteiger partial charge in [-0.05, 0) is 50.0 Å². The minimum absolute atomic E-state index is 0.353. The molecule has 2 fully saturated rings. The normalized spacial score (nSPS) is 26.2. The molecule has 0 radical (unpaired) electrons. The standard InChI is InChI=1S/C20H32N4OS/c1-20(10-6-12-26-20)15-23-19(21-2)22-13-16-9-11-24(14-16)17-7-4-5-8-18(17)25-3/h4-5,7-8,16H,6,9-15H2,1-3H3,(H2,21,22,23). The average Bonchev–Trinajstić information content (AvgIpc) is 3.31. The van der Waals surface area contributed by atoms with Crippen molar-refractivity contribution in [3.63, 3.8) is 0 Å². The summed E-state index contributed by atoms with van der Waals surface area (Å²) in [5, 5.41) is 7.05. The van der Waals surface area contributed by atoms with Crippen LogP contribution < -0.4 is 20.3 Å². The molecule has 1 aromatic rings. The van der Waals surface area contributed by atoms with Crippen molar-refractivity contribution < 1.29 is 4.74 Å². The summed E-state index contributed by atoms with van der Waals surface area (Å²) in [7, 11) is 3.60. The number of rotatable bonds is 6. The number of para-hydroxylation sites is 2. The smallest absolute Gasteiger partial charge is 0.191 e. The van der Waals surface area contributed by atoms with Crippen molar-refractivity contribution in [1.82, 2.24) is 10.6 Å². The molecule has 0 amide bonds. The van der Waals surface area contributed by atoms with Crippen molar-refractivity contribution in [2.24, 2.45) is 10.9 Å². The van der Waals surface area contributed by atoms with Crippen LogP contribution in [0.25, 0.3) is 0 Å². The number of methoxy groups -OCH3 is 1. The van der Waals surface area contributed by atoms with E-state index in [0.717, 1.165) is 37.9 Å². The molecule has 2 unspecified atom stereocenters. The first kappa shape index (κ1) is 19.2. The SMILES string of the molecule is CN=C(NCC1CCN(c2ccccc2OC)C1)NCC1(C)CCCS1. The molecule has 144 valence electrons. The second kappa shape index (κ2) is 8.89. The molecule has 2 aliphatic heterocycles. The molecule has 0 aromatic heterocycles. The fourth-order valence-corrected chi connectivity index (χ4v) is 5.06. The summed E-state index contributed by atoms with van der Waals surface area (Å²) in [6, 6.07) is 8.29. The third-order valence-electron chi connectivity index (χ3n) is 5.42. The van der Waals surface area contributed by atoms with Gasteiger partial charge in [-0.15, -0.1) is 0 Å². The molecule has 0 aliphatic carbocycles. The van der Waals surface area contributed by atoms with Crippen molar-refractivity contribution in [3.05, 3.63) is 24.3 Å². The number of nitrogens with zero attached hydrogens (tertiary/aromatic N) is 2. The average molecular weight is 377 g/mol. The second-order valence-electron chi connectivity index (χ2n) is 7.48. The number of guanidine groups is 1. The number of hydrogen-bond acceptors (Lipinski definition) is 4. The lowest BCUT2D eigenvalue weighted by Crippen LogP contribution is -2.45. The number of nitrogens with one attached hydrogen (secondary N) is 2. The molecule has 2 heterocycles. The second-order valence-corrected chi connectivity index (χ2v) is 9.16. The van der Waals surface area contributed by atoms with E-state index in [0.29, 0.717) is 10.7 Å². The van der Waals surface area contributed by atoms with Crippen LogP contribution >= 0.6 is 11.8 Å². The van der Waals surface area contributed by atoms with E-state index in [4.69, 9.17) is 4.74 Å². The number of anilines is 1. The third-order valence-corrected chi connectivity index (χ3v) is 6.96. The molecule has 2 aliphatic rings. The van der Waals surface area contributed by atoms with E-state index in [1.54, 1.807) is 7.11 Å². The lowest BCUT2D eigenvalue weighted by molar-refractivity contribution is 0.414. The molecule has 1 aromatic carbocycles. The number of thioether (sulfide) groups is 1. The van der Waals surface area contributed by atoms with E-state index in [2.05, 4.69) is 51.3 Å². The molecule has 6 heteroatoms. The van der Waals surface area contributed by atoms with Gasteiger partial charge in [0.05, 0.1) is 12.8 Å². The highest BCUT2D eigenvalue weighted by Crippen LogP contribution is 2.37. The Balaban J connectivity index is 1.46. The summed E-state index contributed by atoms with van der Waals surface area (Å²) in [6.07, 6.45) is 3.81. The van der Waals surface area contributed by atoms with Crippen LogP contribution in [0.15, 0.2) is 29.3 Å². The van der Waals surface area contributed by atoms with E-state index >= 15 is 0 Å². The molecule has 3 rings (SSSR count). The number of benzene rings is 1. The summed E-state index contributed by atoms with van der Waals surface area (Å²) in [4.78, 5) is 6.83. The summed E-state index contributed by atoms with van der Waals surface area (Å²) >= 11 is 2.08. The fourth-order valence-electron chi connectivity index (χ4n) is 3.82. The zero-order valence-electron chi connectivity index (χ0n) is 16.3. The van der Waals surface area contributed by atoms with Gasteiger partial charge >= 0.3 is 0 Å². The van der Waals surface area contributed by atoms with Gasteiger partial charge in [0.1, 0.15) is 5.75 Å². The van der Waals surface area contributed by atoms with Crippen LogP contribution in [0.2, 0.25) is 0 Å². The van der Waals surface area contributed by atoms with Crippen molar-refractivity contribution in [3.8, 4) is 5.75 Å². The summed E-state index contributed by atoms with van der Waals surface area (Å²) < 4.78 is 5.86. The maximum absolute atomic E-state index is 5.51. The van der Waals surface area contributed by atoms with Crippen LogP contribution in [0, 0.1) is 5.92 Å². The van der Waals surface area contributed by atoms with Crippen molar-refractivity contribution in [1.29, 1.82) is 0 Å². The van der Waals surface area contributed by atoms with E-state index < -0.39 is 0 Å². The number of hydrogen-bond donors (Lipinski definition) is 2. The molecular weight excluding hydrogens is 344 g/mol. The van der Waals surface area contributed by atoms with Crippen LogP contribution in [0.4, 0.5) is 5.69 Å². The molecule has 0 saturated carbocycles. The Labute approximate surface area is 162 Å². The first-order valence-corrected chi connectivity index (χ1v) is 10.6. The fraction of sp³-hybridized carbons (Fsp3) is 0.650. The molecule has 2 atom stereocenters. The predicted molar refractivity (Wildman–Crippen MR) is 113 cm³/mol. The number of ether oxygens (including phenoxy) is 1. The third kappa shape index (κ3) is 4.78. The first-order chi connectivity index (χ1) is 12.6. The Hall–Kier alpha value is -1.56. The first-order valence-electron chi connectivity index (χ1n) is 9.60. The van der Waals surface area contributed by atoms with Crippen molar-refractivity contribution in [2.75, 3.05) is 51.0 Å². The molecule has 5 nitrogen and oxygen atoms in total. The number of aliphatic imine (C=N–C) groups is 1. The van der Waals surface area contributed by atoms with Gasteiger partial charge in [0, 0.05) is 38.0 Å². The Bertz CT molecular complexity index is 616. The van der Waals surface area contributed by atoms with Crippen molar-refractivity contribution >= 4 is 23.4 Å². The summed E-state index contributed by atoms with van der Waals surface area (Å²) in [6.45, 7) is 6.42. The van der Waals surface area contributed by atoms with Crippen LogP contribution in [0.5, 0.6) is 5.75 Å². The van der Waals surface area contributed by atoms with Gasteiger partial charge in [0.15, 0.2) is 5.96 Å². The molecule has 2 saturated heterocycles. The predicted octanol–water partition coefficient (Wildman–Crippen LogP) is 2.97. The summed E-state index contributed by atoms with van der Waals surface area (Å²) in [5.74, 6) is 3.79. The van der Waals surface area contributed by atoms with Gasteiger partial charge in [0.2, 0.25) is 0 Å². The Morgan fingerprint density at radius 1 is 1.38 bits per heavy atom. The molecule has 0 spiro atoms. The topological polar surface area (TPSA) is 48.9 Å². The van der Waals surface area contributed by atoms with Gasteiger partial charge in [-0.1, -0.05) is 12.1 Å². The van der Waals surface area contributed by atoms with Gasteiger partial charge in [0.25, 0.3) is 0 Å². The Morgan fingerprint density at radius 3 is 2.96 bits per heavy atom. The molecule has 26 heavy (non-hydrogen) atoms. The van der Waals surface area contributed by atoms with E-state index in [1.165, 1.54) is 30.7 Å². The highest BCUT2D eigenvalue weighted by Gasteiger charge is 2.29. The Morgan fingerprint density at radius 2 is 2.23 bits per heavy atom. The maximum atomic E-state index is 5.51.